The van der Waals surface area contributed by atoms with Crippen molar-refractivity contribution in [2.75, 3.05) is 6.54 Å². The molecule has 1 aromatic carbocycles. The van der Waals surface area contributed by atoms with E-state index in [1.165, 1.54) is 12.3 Å². The Morgan fingerprint density at radius 2 is 2.00 bits per heavy atom. The molecule has 2 aromatic rings. The number of hydrogen-bond donors (Lipinski definition) is 3. The van der Waals surface area contributed by atoms with Crippen molar-refractivity contribution in [2.45, 2.75) is 0 Å². The average molecular weight is 319 g/mol. The maximum Gasteiger partial charge on any atom is 0.322 e. The Morgan fingerprint density at radius 3 is 2.59 bits per heavy atom. The van der Waals surface area contributed by atoms with Gasteiger partial charge in [-0.1, -0.05) is 29.2 Å². The van der Waals surface area contributed by atoms with Crippen LogP contribution in [0.4, 0.5) is 0 Å². The van der Waals surface area contributed by atoms with Crippen LogP contribution in [0, 0.1) is 0 Å². The van der Waals surface area contributed by atoms with Gasteiger partial charge in [-0.3, -0.25) is 9.59 Å². The number of carbonyl (C=O) groups is 2. The molecular formula is C14H12BClN2O4. The molecule has 1 heterocycles. The van der Waals surface area contributed by atoms with Gasteiger partial charge in [0.2, 0.25) is 0 Å². The van der Waals surface area contributed by atoms with E-state index < -0.39 is 18.4 Å². The first-order chi connectivity index (χ1) is 10.4. The molecule has 0 bridgehead atoms. The lowest BCUT2D eigenvalue weighted by Gasteiger charge is -2.08. The van der Waals surface area contributed by atoms with Gasteiger partial charge in [0.15, 0.2) is 5.69 Å². The van der Waals surface area contributed by atoms with Gasteiger partial charge in [0.1, 0.15) is 20.1 Å². The molecular weight excluding hydrogens is 306 g/mol. The fourth-order valence-corrected chi connectivity index (χ4v) is 1.98. The van der Waals surface area contributed by atoms with E-state index in [0.717, 1.165) is 11.0 Å². The minimum atomic E-state index is -1.18. The molecule has 0 atom stereocenters. The lowest BCUT2D eigenvalue weighted by Crippen LogP contribution is -2.29. The van der Waals surface area contributed by atoms with Gasteiger partial charge >= 0.3 is 5.97 Å². The zero-order valence-electron chi connectivity index (χ0n) is 11.6. The van der Waals surface area contributed by atoms with E-state index in [0.29, 0.717) is 10.6 Å². The van der Waals surface area contributed by atoms with Crippen LogP contribution in [0.25, 0.3) is 11.1 Å². The van der Waals surface area contributed by atoms with Crippen molar-refractivity contribution < 1.29 is 19.8 Å². The van der Waals surface area contributed by atoms with E-state index in [4.69, 9.17) is 16.7 Å². The molecule has 0 spiro atoms. The number of aromatic hydroxyl groups is 1. The molecule has 0 aliphatic rings. The summed E-state index contributed by atoms with van der Waals surface area (Å²) < 4.78 is 0. The Morgan fingerprint density at radius 1 is 1.27 bits per heavy atom. The lowest BCUT2D eigenvalue weighted by molar-refractivity contribution is -0.135. The van der Waals surface area contributed by atoms with E-state index in [-0.39, 0.29) is 11.4 Å². The fourth-order valence-electron chi connectivity index (χ4n) is 1.80. The second-order valence-electron chi connectivity index (χ2n) is 4.63. The molecule has 112 valence electrons. The Labute approximate surface area is 132 Å². The first kappa shape index (κ1) is 15.8. The lowest BCUT2D eigenvalue weighted by atomic mass is 9.94. The van der Waals surface area contributed by atoms with E-state index in [1.54, 1.807) is 6.07 Å². The van der Waals surface area contributed by atoms with Crippen molar-refractivity contribution in [3.05, 3.63) is 41.2 Å². The first-order valence-electron chi connectivity index (χ1n) is 6.34. The smallest absolute Gasteiger partial charge is 0.322 e. The second-order valence-corrected chi connectivity index (χ2v) is 5.04. The van der Waals surface area contributed by atoms with Crippen molar-refractivity contribution in [1.82, 2.24) is 10.3 Å². The third-order valence-electron chi connectivity index (χ3n) is 2.99. The molecule has 3 N–H and O–H groups in total. The van der Waals surface area contributed by atoms with Crippen molar-refractivity contribution in [3.63, 3.8) is 0 Å². The SMILES string of the molecule is Bc1ccc(-c2cnc(C(=O)NCC(=O)O)c(O)c2)cc1Cl. The van der Waals surface area contributed by atoms with Crippen LogP contribution in [0.15, 0.2) is 30.5 Å². The van der Waals surface area contributed by atoms with Crippen LogP contribution in [0.1, 0.15) is 10.5 Å². The van der Waals surface area contributed by atoms with Gasteiger partial charge in [0.05, 0.1) is 0 Å². The number of carbonyl (C=O) groups excluding carboxylic acids is 1. The number of aromatic nitrogens is 1. The number of halogens is 1. The first-order valence-corrected chi connectivity index (χ1v) is 6.72. The highest BCUT2D eigenvalue weighted by Gasteiger charge is 2.15. The van der Waals surface area contributed by atoms with Gasteiger partial charge in [-0.25, -0.2) is 4.98 Å². The van der Waals surface area contributed by atoms with Crippen molar-refractivity contribution in [2.24, 2.45) is 0 Å². The Hall–Kier alpha value is -2.54. The summed E-state index contributed by atoms with van der Waals surface area (Å²) in [5, 5.41) is 21.1. The zero-order valence-corrected chi connectivity index (χ0v) is 12.4. The number of aliphatic carboxylic acids is 1. The van der Waals surface area contributed by atoms with Crippen LogP contribution in [-0.2, 0) is 4.79 Å². The van der Waals surface area contributed by atoms with Crippen LogP contribution in [0.2, 0.25) is 5.02 Å². The van der Waals surface area contributed by atoms with E-state index in [9.17, 15) is 14.7 Å². The highest BCUT2D eigenvalue weighted by molar-refractivity contribution is 6.45. The second kappa shape index (κ2) is 6.49. The summed E-state index contributed by atoms with van der Waals surface area (Å²) in [5.41, 5.74) is 2.03. The summed E-state index contributed by atoms with van der Waals surface area (Å²) in [6, 6.07) is 6.77. The molecule has 0 radical (unpaired) electrons. The van der Waals surface area contributed by atoms with E-state index in [1.807, 2.05) is 20.0 Å². The Bertz CT molecular complexity index is 752. The number of benzene rings is 1. The molecule has 1 amide bonds. The number of nitrogens with one attached hydrogen (secondary N) is 1. The summed E-state index contributed by atoms with van der Waals surface area (Å²) in [7, 11) is 1.87. The summed E-state index contributed by atoms with van der Waals surface area (Å²) in [6.45, 7) is -0.546. The topological polar surface area (TPSA) is 99.5 Å². The molecule has 6 nitrogen and oxygen atoms in total. The zero-order chi connectivity index (χ0) is 16.3. The van der Waals surface area contributed by atoms with Gasteiger partial charge < -0.3 is 15.5 Å². The predicted molar refractivity (Wildman–Crippen MR) is 84.5 cm³/mol. The number of carboxylic acid groups (broad SMARTS) is 1. The minimum absolute atomic E-state index is 0.233. The number of rotatable bonds is 4. The van der Waals surface area contributed by atoms with Crippen LogP contribution in [0.3, 0.4) is 0 Å². The number of amides is 1. The van der Waals surface area contributed by atoms with Crippen LogP contribution in [-0.4, -0.2) is 41.5 Å². The summed E-state index contributed by atoms with van der Waals surface area (Å²) in [6.07, 6.45) is 1.41. The van der Waals surface area contributed by atoms with Gasteiger partial charge in [-0.05, 0) is 17.7 Å². The van der Waals surface area contributed by atoms with E-state index in [2.05, 4.69) is 10.3 Å². The normalized spacial score (nSPS) is 10.2. The van der Waals surface area contributed by atoms with E-state index >= 15 is 0 Å². The van der Waals surface area contributed by atoms with Gasteiger partial charge in [0.25, 0.3) is 5.91 Å². The van der Waals surface area contributed by atoms with Gasteiger partial charge in [-0.2, -0.15) is 0 Å². The summed E-state index contributed by atoms with van der Waals surface area (Å²) in [4.78, 5) is 26.0. The van der Waals surface area contributed by atoms with Gasteiger partial charge in [-0.15, -0.1) is 0 Å². The molecule has 0 unspecified atom stereocenters. The molecule has 1 aromatic heterocycles. The number of nitrogens with zero attached hydrogens (tertiary/aromatic N) is 1. The van der Waals surface area contributed by atoms with Gasteiger partial charge in [0, 0.05) is 16.8 Å². The van der Waals surface area contributed by atoms with Crippen LogP contribution < -0.4 is 10.8 Å². The fraction of sp³-hybridized carbons (Fsp3) is 0.0714. The highest BCUT2D eigenvalue weighted by atomic mass is 35.5. The Kier molecular flexibility index (Phi) is 4.67. The molecule has 22 heavy (non-hydrogen) atoms. The van der Waals surface area contributed by atoms with Crippen molar-refractivity contribution in [1.29, 1.82) is 0 Å². The maximum atomic E-state index is 11.7. The van der Waals surface area contributed by atoms with Crippen molar-refractivity contribution in [3.8, 4) is 16.9 Å². The van der Waals surface area contributed by atoms with Crippen LogP contribution >= 0.6 is 11.6 Å². The maximum absolute atomic E-state index is 11.7. The molecule has 0 aliphatic carbocycles. The largest absolute Gasteiger partial charge is 0.505 e. The minimum Gasteiger partial charge on any atom is -0.505 e. The third kappa shape index (κ3) is 3.56. The summed E-state index contributed by atoms with van der Waals surface area (Å²) in [5.74, 6) is -2.27. The molecule has 0 aliphatic heterocycles. The molecule has 8 heteroatoms. The Balaban J connectivity index is 2.27. The third-order valence-corrected chi connectivity index (χ3v) is 3.40. The molecule has 0 saturated heterocycles. The standard InChI is InChI=1S/C14H12BClN2O4/c15-9-2-1-7(3-10(9)16)8-4-11(19)13(17-5-8)14(22)18-6-12(20)21/h1-5,19H,6,15H2,(H,18,22)(H,20,21). The average Bonchev–Trinajstić information content (AvgIpc) is 2.47. The molecule has 0 fully saturated rings. The number of carboxylic acids is 1. The quantitative estimate of drug-likeness (QED) is 0.698. The molecule has 0 saturated carbocycles. The monoisotopic (exact) mass is 318 g/mol. The highest BCUT2D eigenvalue weighted by Crippen LogP contribution is 2.25. The number of pyridine rings is 1. The predicted octanol–water partition coefficient (Wildman–Crippen LogP) is 0.180. The van der Waals surface area contributed by atoms with Crippen molar-refractivity contribution >= 4 is 36.8 Å². The summed E-state index contributed by atoms with van der Waals surface area (Å²) >= 11 is 6.05. The molecule has 2 rings (SSSR count). The van der Waals surface area contributed by atoms with Crippen LogP contribution in [0.5, 0.6) is 5.75 Å². The number of hydrogen-bond acceptors (Lipinski definition) is 4.